The highest BCUT2D eigenvalue weighted by Gasteiger charge is 2.35. The topological polar surface area (TPSA) is 77.1 Å². The highest BCUT2D eigenvalue weighted by atomic mass is 19.4. The van der Waals surface area contributed by atoms with E-state index in [0.717, 1.165) is 6.20 Å². The van der Waals surface area contributed by atoms with Crippen molar-refractivity contribution in [2.24, 2.45) is 0 Å². The predicted octanol–water partition coefficient (Wildman–Crippen LogP) is 2.23. The Morgan fingerprint density at radius 2 is 2.09 bits per heavy atom. The standard InChI is InChI=1S/C13H12F3N3O3/c1-21-10-3-2-9(6-17-10)12(20)22-5-4-8-7-18-19-11(8)13(14,15)16/h2-3,6-7H,4-5H2,1H3,(H,18,19). The molecule has 0 saturated carbocycles. The largest absolute Gasteiger partial charge is 0.481 e. The number of halogens is 3. The third-order valence-corrected chi connectivity index (χ3v) is 2.79. The number of carbonyl (C=O) groups is 1. The van der Waals surface area contributed by atoms with Crippen LogP contribution in [0.15, 0.2) is 24.5 Å². The quantitative estimate of drug-likeness (QED) is 0.856. The van der Waals surface area contributed by atoms with Gasteiger partial charge in [-0.2, -0.15) is 18.3 Å². The van der Waals surface area contributed by atoms with Gasteiger partial charge in [-0.1, -0.05) is 0 Å². The van der Waals surface area contributed by atoms with Gasteiger partial charge in [-0.15, -0.1) is 0 Å². The fourth-order valence-corrected chi connectivity index (χ4v) is 1.70. The number of alkyl halides is 3. The van der Waals surface area contributed by atoms with E-state index in [0.29, 0.717) is 5.88 Å². The lowest BCUT2D eigenvalue weighted by Crippen LogP contribution is -2.12. The number of pyridine rings is 1. The maximum Gasteiger partial charge on any atom is 0.433 e. The van der Waals surface area contributed by atoms with Crippen LogP contribution in [0.4, 0.5) is 13.2 Å². The molecule has 0 saturated heterocycles. The molecule has 118 valence electrons. The van der Waals surface area contributed by atoms with Crippen LogP contribution in [0.2, 0.25) is 0 Å². The van der Waals surface area contributed by atoms with E-state index in [1.54, 1.807) is 0 Å². The molecule has 0 unspecified atom stereocenters. The Kier molecular flexibility index (Phi) is 4.64. The molecule has 0 spiro atoms. The Labute approximate surface area is 123 Å². The van der Waals surface area contributed by atoms with E-state index in [1.807, 2.05) is 5.10 Å². The average Bonchev–Trinajstić information content (AvgIpc) is 2.96. The van der Waals surface area contributed by atoms with E-state index in [2.05, 4.69) is 10.1 Å². The minimum absolute atomic E-state index is 0.0619. The van der Waals surface area contributed by atoms with Crippen molar-refractivity contribution in [3.8, 4) is 5.88 Å². The van der Waals surface area contributed by atoms with Crippen LogP contribution >= 0.6 is 0 Å². The number of hydrogen-bond acceptors (Lipinski definition) is 5. The maximum absolute atomic E-state index is 12.6. The van der Waals surface area contributed by atoms with Gasteiger partial charge in [0.1, 0.15) is 5.69 Å². The molecule has 2 aromatic heterocycles. The third-order valence-electron chi connectivity index (χ3n) is 2.79. The fraction of sp³-hybridized carbons (Fsp3) is 0.308. The first-order valence-electron chi connectivity index (χ1n) is 6.18. The van der Waals surface area contributed by atoms with E-state index in [-0.39, 0.29) is 24.2 Å². The summed E-state index contributed by atoms with van der Waals surface area (Å²) >= 11 is 0. The van der Waals surface area contributed by atoms with Gasteiger partial charge in [0.15, 0.2) is 0 Å². The van der Waals surface area contributed by atoms with Gasteiger partial charge < -0.3 is 9.47 Å². The fourth-order valence-electron chi connectivity index (χ4n) is 1.70. The van der Waals surface area contributed by atoms with Crippen molar-refractivity contribution in [2.75, 3.05) is 13.7 Å². The molecule has 0 aromatic carbocycles. The lowest BCUT2D eigenvalue weighted by Gasteiger charge is -2.08. The smallest absolute Gasteiger partial charge is 0.433 e. The molecule has 0 aliphatic carbocycles. The first kappa shape index (κ1) is 15.8. The van der Waals surface area contributed by atoms with Crippen molar-refractivity contribution in [3.05, 3.63) is 41.3 Å². The van der Waals surface area contributed by atoms with Crippen molar-refractivity contribution in [1.82, 2.24) is 15.2 Å². The number of H-pyrrole nitrogens is 1. The SMILES string of the molecule is COc1ccc(C(=O)OCCc2cn[nH]c2C(F)(F)F)cn1. The molecule has 0 aliphatic heterocycles. The Hall–Kier alpha value is -2.58. The van der Waals surface area contributed by atoms with Gasteiger partial charge in [0.05, 0.1) is 25.5 Å². The van der Waals surface area contributed by atoms with Crippen LogP contribution in [-0.4, -0.2) is 34.9 Å². The normalized spacial score (nSPS) is 11.3. The predicted molar refractivity (Wildman–Crippen MR) is 68.4 cm³/mol. The van der Waals surface area contributed by atoms with Gasteiger partial charge in [0.2, 0.25) is 5.88 Å². The summed E-state index contributed by atoms with van der Waals surface area (Å²) in [6, 6.07) is 2.93. The first-order valence-corrected chi connectivity index (χ1v) is 6.18. The maximum atomic E-state index is 12.6. The van der Waals surface area contributed by atoms with Crippen LogP contribution < -0.4 is 4.74 Å². The molecule has 9 heteroatoms. The number of hydrogen-bond donors (Lipinski definition) is 1. The number of esters is 1. The number of aromatic amines is 1. The van der Waals surface area contributed by atoms with Gasteiger partial charge in [0.25, 0.3) is 0 Å². The second kappa shape index (κ2) is 6.46. The number of methoxy groups -OCH3 is 1. The van der Waals surface area contributed by atoms with Gasteiger partial charge in [-0.05, 0) is 6.07 Å². The van der Waals surface area contributed by atoms with Gasteiger partial charge in [0, 0.05) is 24.2 Å². The van der Waals surface area contributed by atoms with E-state index < -0.39 is 17.8 Å². The molecule has 0 aliphatic rings. The molecule has 0 radical (unpaired) electrons. The summed E-state index contributed by atoms with van der Waals surface area (Å²) < 4.78 is 47.6. The lowest BCUT2D eigenvalue weighted by atomic mass is 10.2. The third kappa shape index (κ3) is 3.74. The molecule has 6 nitrogen and oxygen atoms in total. The number of nitrogens with zero attached hydrogens (tertiary/aromatic N) is 2. The summed E-state index contributed by atoms with van der Waals surface area (Å²) in [4.78, 5) is 15.5. The van der Waals surface area contributed by atoms with Crippen LogP contribution in [0, 0.1) is 0 Å². The van der Waals surface area contributed by atoms with Gasteiger partial charge in [-0.25, -0.2) is 9.78 Å². The van der Waals surface area contributed by atoms with Crippen molar-refractivity contribution in [1.29, 1.82) is 0 Å². The molecule has 0 bridgehead atoms. The van der Waals surface area contributed by atoms with Crippen molar-refractivity contribution in [3.63, 3.8) is 0 Å². The van der Waals surface area contributed by atoms with Crippen LogP contribution in [0.3, 0.4) is 0 Å². The number of nitrogens with one attached hydrogen (secondary N) is 1. The Morgan fingerprint density at radius 1 is 1.32 bits per heavy atom. The molecule has 2 rings (SSSR count). The Balaban J connectivity index is 1.91. The van der Waals surface area contributed by atoms with Gasteiger partial charge in [-0.3, -0.25) is 5.10 Å². The van der Waals surface area contributed by atoms with Crippen LogP contribution in [0.25, 0.3) is 0 Å². The summed E-state index contributed by atoms with van der Waals surface area (Å²) in [5, 5.41) is 5.24. The van der Waals surface area contributed by atoms with Gasteiger partial charge >= 0.3 is 12.1 Å². The molecular weight excluding hydrogens is 303 g/mol. The summed E-state index contributed by atoms with van der Waals surface area (Å²) in [7, 11) is 1.43. The molecule has 2 aromatic rings. The second-order valence-electron chi connectivity index (χ2n) is 4.24. The Morgan fingerprint density at radius 3 is 2.68 bits per heavy atom. The van der Waals surface area contributed by atoms with Crippen molar-refractivity contribution < 1.29 is 27.4 Å². The summed E-state index contributed by atoms with van der Waals surface area (Å²) in [6.07, 6.45) is -2.29. The number of rotatable bonds is 5. The summed E-state index contributed by atoms with van der Waals surface area (Å²) in [6.45, 7) is -0.201. The summed E-state index contributed by atoms with van der Waals surface area (Å²) in [5.74, 6) is -0.336. The lowest BCUT2D eigenvalue weighted by molar-refractivity contribution is -0.141. The highest BCUT2D eigenvalue weighted by Crippen LogP contribution is 2.30. The van der Waals surface area contributed by atoms with E-state index in [4.69, 9.17) is 9.47 Å². The molecular formula is C13H12F3N3O3. The molecule has 2 heterocycles. The molecule has 0 atom stereocenters. The van der Waals surface area contributed by atoms with E-state index >= 15 is 0 Å². The number of ether oxygens (including phenoxy) is 2. The minimum atomic E-state index is -4.52. The van der Waals surface area contributed by atoms with Crippen LogP contribution in [-0.2, 0) is 17.3 Å². The van der Waals surface area contributed by atoms with Crippen LogP contribution in [0.1, 0.15) is 21.6 Å². The van der Waals surface area contributed by atoms with Crippen molar-refractivity contribution in [2.45, 2.75) is 12.6 Å². The highest BCUT2D eigenvalue weighted by molar-refractivity contribution is 5.89. The molecule has 1 N–H and O–H groups in total. The Bertz CT molecular complexity index is 638. The van der Waals surface area contributed by atoms with Crippen LogP contribution in [0.5, 0.6) is 5.88 Å². The number of aromatic nitrogens is 3. The van der Waals surface area contributed by atoms with E-state index in [1.165, 1.54) is 25.4 Å². The monoisotopic (exact) mass is 315 g/mol. The first-order chi connectivity index (χ1) is 10.4. The molecule has 0 amide bonds. The van der Waals surface area contributed by atoms with E-state index in [9.17, 15) is 18.0 Å². The van der Waals surface area contributed by atoms with Crippen molar-refractivity contribution >= 4 is 5.97 Å². The zero-order valence-electron chi connectivity index (χ0n) is 11.5. The summed E-state index contributed by atoms with van der Waals surface area (Å²) in [5.41, 5.74) is -0.813. The zero-order valence-corrected chi connectivity index (χ0v) is 11.5. The molecule has 0 fully saturated rings. The number of carbonyl (C=O) groups excluding carboxylic acids is 1. The zero-order chi connectivity index (χ0) is 16.2. The second-order valence-corrected chi connectivity index (χ2v) is 4.24. The molecule has 22 heavy (non-hydrogen) atoms. The average molecular weight is 315 g/mol. The minimum Gasteiger partial charge on any atom is -0.481 e.